The van der Waals surface area contributed by atoms with Crippen LogP contribution in [0.15, 0.2) is 33.8 Å². The van der Waals surface area contributed by atoms with Crippen LogP contribution in [0.2, 0.25) is 0 Å². The predicted molar refractivity (Wildman–Crippen MR) is 60.4 cm³/mol. The Labute approximate surface area is 99.9 Å². The van der Waals surface area contributed by atoms with Crippen LogP contribution in [0.4, 0.5) is 4.39 Å². The molecule has 1 aromatic carbocycles. The molecule has 2 aromatic rings. The van der Waals surface area contributed by atoms with E-state index in [0.717, 1.165) is 4.34 Å². The highest BCUT2D eigenvalue weighted by molar-refractivity contribution is 8.01. The molecular weight excluding hydrogens is 247 g/mol. The largest absolute Gasteiger partial charge is 0.294 e. The van der Waals surface area contributed by atoms with Crippen molar-refractivity contribution in [3.63, 3.8) is 0 Å². The van der Waals surface area contributed by atoms with E-state index in [9.17, 15) is 9.18 Å². The molecule has 3 nitrogen and oxygen atoms in total. The SMILES string of the molecule is CC(=O)c1cc(F)ccc1Sc1ncns1. The van der Waals surface area contributed by atoms with Crippen LogP contribution >= 0.6 is 23.3 Å². The fourth-order valence-electron chi connectivity index (χ4n) is 1.17. The summed E-state index contributed by atoms with van der Waals surface area (Å²) < 4.78 is 17.6. The van der Waals surface area contributed by atoms with Crippen molar-refractivity contribution in [2.75, 3.05) is 0 Å². The van der Waals surface area contributed by atoms with E-state index >= 15 is 0 Å². The van der Waals surface area contributed by atoms with Crippen LogP contribution in [0.5, 0.6) is 0 Å². The van der Waals surface area contributed by atoms with Gasteiger partial charge in [-0.3, -0.25) is 4.79 Å². The molecule has 0 saturated heterocycles. The number of benzene rings is 1. The van der Waals surface area contributed by atoms with E-state index in [4.69, 9.17) is 0 Å². The van der Waals surface area contributed by atoms with Crippen LogP contribution in [0.3, 0.4) is 0 Å². The smallest absolute Gasteiger partial charge is 0.174 e. The number of Topliss-reactive ketones (excluding diaryl/α,β-unsaturated/α-hetero) is 1. The minimum absolute atomic E-state index is 0.161. The summed E-state index contributed by atoms with van der Waals surface area (Å²) in [5.41, 5.74) is 0.375. The Morgan fingerprint density at radius 2 is 2.31 bits per heavy atom. The maximum atomic E-state index is 13.0. The topological polar surface area (TPSA) is 42.9 Å². The molecule has 6 heteroatoms. The molecule has 0 unspecified atom stereocenters. The molecule has 0 saturated carbocycles. The quantitative estimate of drug-likeness (QED) is 0.790. The number of hydrogen-bond donors (Lipinski definition) is 0. The van der Waals surface area contributed by atoms with E-state index in [2.05, 4.69) is 9.36 Å². The second kappa shape index (κ2) is 4.71. The molecular formula is C10H7FN2OS2. The number of halogens is 1. The summed E-state index contributed by atoms with van der Waals surface area (Å²) in [6.45, 7) is 1.42. The zero-order chi connectivity index (χ0) is 11.5. The second-order valence-corrected chi connectivity index (χ2v) is 5.08. The van der Waals surface area contributed by atoms with Crippen LogP contribution in [-0.4, -0.2) is 15.1 Å². The van der Waals surface area contributed by atoms with Gasteiger partial charge in [-0.25, -0.2) is 9.37 Å². The van der Waals surface area contributed by atoms with Gasteiger partial charge in [-0.1, -0.05) is 11.8 Å². The molecule has 1 aromatic heterocycles. The first-order valence-electron chi connectivity index (χ1n) is 4.42. The summed E-state index contributed by atoms with van der Waals surface area (Å²) in [6.07, 6.45) is 1.45. The standard InChI is InChI=1S/C10H7FN2OS2/c1-6(14)8-4-7(11)2-3-9(8)15-10-12-5-13-16-10/h2-5H,1H3. The predicted octanol–water partition coefficient (Wildman–Crippen LogP) is 3.03. The lowest BCUT2D eigenvalue weighted by Gasteiger charge is -2.03. The number of carbonyl (C=O) groups is 1. The number of aromatic nitrogens is 2. The zero-order valence-electron chi connectivity index (χ0n) is 8.31. The van der Waals surface area contributed by atoms with Crippen molar-refractivity contribution in [1.29, 1.82) is 0 Å². The molecule has 0 spiro atoms. The van der Waals surface area contributed by atoms with Crippen LogP contribution < -0.4 is 0 Å². The maximum Gasteiger partial charge on any atom is 0.174 e. The van der Waals surface area contributed by atoms with Crippen LogP contribution in [0.25, 0.3) is 0 Å². The Morgan fingerprint density at radius 1 is 1.50 bits per heavy atom. The molecule has 0 bridgehead atoms. The lowest BCUT2D eigenvalue weighted by Crippen LogP contribution is -1.96. The summed E-state index contributed by atoms with van der Waals surface area (Å²) in [5.74, 6) is -0.571. The lowest BCUT2D eigenvalue weighted by atomic mass is 10.1. The highest BCUT2D eigenvalue weighted by Gasteiger charge is 2.11. The first kappa shape index (κ1) is 11.2. The first-order chi connectivity index (χ1) is 7.66. The third kappa shape index (κ3) is 2.45. The molecule has 0 aliphatic carbocycles. The number of carbonyl (C=O) groups excluding carboxylic acids is 1. The fourth-order valence-corrected chi connectivity index (χ4v) is 2.73. The van der Waals surface area contributed by atoms with Crippen molar-refractivity contribution >= 4 is 29.1 Å². The summed E-state index contributed by atoms with van der Waals surface area (Å²) >= 11 is 2.55. The van der Waals surface area contributed by atoms with Crippen LogP contribution in [0, 0.1) is 5.82 Å². The Balaban J connectivity index is 2.36. The normalized spacial score (nSPS) is 10.4. The van der Waals surface area contributed by atoms with E-state index < -0.39 is 5.82 Å². The summed E-state index contributed by atoms with van der Waals surface area (Å²) in [7, 11) is 0. The van der Waals surface area contributed by atoms with Crippen LogP contribution in [0.1, 0.15) is 17.3 Å². The van der Waals surface area contributed by atoms with Gasteiger partial charge in [0.05, 0.1) is 0 Å². The molecule has 0 fully saturated rings. The third-order valence-corrected chi connectivity index (χ3v) is 3.65. The minimum Gasteiger partial charge on any atom is -0.294 e. The second-order valence-electron chi connectivity index (χ2n) is 3.01. The Hall–Kier alpha value is -1.27. The van der Waals surface area contributed by atoms with Crippen LogP contribution in [-0.2, 0) is 0 Å². The maximum absolute atomic E-state index is 13.0. The van der Waals surface area contributed by atoms with Gasteiger partial charge in [0.1, 0.15) is 12.1 Å². The van der Waals surface area contributed by atoms with Gasteiger partial charge in [-0.05, 0) is 36.7 Å². The monoisotopic (exact) mass is 254 g/mol. The van der Waals surface area contributed by atoms with Crippen molar-refractivity contribution in [3.8, 4) is 0 Å². The summed E-state index contributed by atoms with van der Waals surface area (Å²) in [5, 5.41) is 0. The van der Waals surface area contributed by atoms with Crippen molar-refractivity contribution in [2.24, 2.45) is 0 Å². The molecule has 82 valence electrons. The van der Waals surface area contributed by atoms with E-state index in [-0.39, 0.29) is 5.78 Å². The van der Waals surface area contributed by atoms with Gasteiger partial charge in [0.2, 0.25) is 0 Å². The van der Waals surface area contributed by atoms with E-state index in [1.54, 1.807) is 6.07 Å². The number of hydrogen-bond acceptors (Lipinski definition) is 5. The van der Waals surface area contributed by atoms with E-state index in [1.807, 2.05) is 0 Å². The van der Waals surface area contributed by atoms with Gasteiger partial charge in [0.15, 0.2) is 10.1 Å². The Bertz CT molecular complexity index is 514. The lowest BCUT2D eigenvalue weighted by molar-refractivity contribution is 0.101. The number of ketones is 1. The molecule has 0 amide bonds. The minimum atomic E-state index is -0.410. The van der Waals surface area contributed by atoms with Crippen molar-refractivity contribution in [3.05, 3.63) is 35.9 Å². The average molecular weight is 254 g/mol. The molecule has 0 aliphatic rings. The van der Waals surface area contributed by atoms with Gasteiger partial charge in [0, 0.05) is 10.5 Å². The molecule has 0 aliphatic heterocycles. The Morgan fingerprint density at radius 3 is 2.94 bits per heavy atom. The number of rotatable bonds is 3. The van der Waals surface area contributed by atoms with Crippen molar-refractivity contribution in [2.45, 2.75) is 16.2 Å². The van der Waals surface area contributed by atoms with E-state index in [0.29, 0.717) is 10.5 Å². The third-order valence-electron chi connectivity index (χ3n) is 1.86. The molecule has 16 heavy (non-hydrogen) atoms. The number of nitrogens with zero attached hydrogens (tertiary/aromatic N) is 2. The summed E-state index contributed by atoms with van der Waals surface area (Å²) in [6, 6.07) is 4.15. The van der Waals surface area contributed by atoms with Crippen molar-refractivity contribution < 1.29 is 9.18 Å². The molecule has 0 radical (unpaired) electrons. The average Bonchev–Trinajstić information content (AvgIpc) is 2.73. The Kier molecular flexibility index (Phi) is 3.31. The van der Waals surface area contributed by atoms with Gasteiger partial charge in [-0.15, -0.1) is 0 Å². The van der Waals surface area contributed by atoms with Gasteiger partial charge < -0.3 is 0 Å². The summed E-state index contributed by atoms with van der Waals surface area (Å²) in [4.78, 5) is 16.0. The van der Waals surface area contributed by atoms with Crippen molar-refractivity contribution in [1.82, 2.24) is 9.36 Å². The molecule has 2 rings (SSSR count). The fraction of sp³-hybridized carbons (Fsp3) is 0.100. The molecule has 1 heterocycles. The first-order valence-corrected chi connectivity index (χ1v) is 6.01. The van der Waals surface area contributed by atoms with E-state index in [1.165, 1.54) is 48.7 Å². The molecule has 0 N–H and O–H groups in total. The highest BCUT2D eigenvalue weighted by Crippen LogP contribution is 2.31. The zero-order valence-corrected chi connectivity index (χ0v) is 9.94. The van der Waals surface area contributed by atoms with Gasteiger partial charge in [-0.2, -0.15) is 4.37 Å². The van der Waals surface area contributed by atoms with Gasteiger partial charge in [0.25, 0.3) is 0 Å². The highest BCUT2D eigenvalue weighted by atomic mass is 32.2. The van der Waals surface area contributed by atoms with Gasteiger partial charge >= 0.3 is 0 Å². The molecule has 0 atom stereocenters.